The molecule has 0 radical (unpaired) electrons. The van der Waals surface area contributed by atoms with Crippen molar-refractivity contribution in [1.82, 2.24) is 5.32 Å². The van der Waals surface area contributed by atoms with Crippen LogP contribution < -0.4 is 5.32 Å². The Morgan fingerprint density at radius 2 is 1.56 bits per heavy atom. The van der Waals surface area contributed by atoms with Gasteiger partial charge in [-0.25, -0.2) is 0 Å². The van der Waals surface area contributed by atoms with Crippen molar-refractivity contribution in [3.05, 3.63) is 0 Å². The second-order valence-electron chi connectivity index (χ2n) is 4.16. The minimum Gasteiger partial charge on any atom is -0.310 e. The summed E-state index contributed by atoms with van der Waals surface area (Å²) >= 11 is 0. The maximum absolute atomic E-state index is 11.6. The van der Waals surface area contributed by atoms with Crippen LogP contribution in [0, 0.1) is 5.92 Å². The zero-order chi connectivity index (χ0) is 14.0. The third kappa shape index (κ3) is 6.81. The van der Waals surface area contributed by atoms with Gasteiger partial charge in [0.15, 0.2) is 0 Å². The summed E-state index contributed by atoms with van der Waals surface area (Å²) in [5.41, 5.74) is 0. The number of likely N-dealkylation sites (N-methyl/N-ethyl adjacent to an activating group) is 1. The summed E-state index contributed by atoms with van der Waals surface area (Å²) in [5, 5.41) is 3.04. The van der Waals surface area contributed by atoms with Gasteiger partial charge in [0.05, 0.1) is 6.04 Å². The van der Waals surface area contributed by atoms with Crippen molar-refractivity contribution < 1.29 is 9.59 Å². The SMILES string of the molecule is CCC(=O)C(CC)CSSCC(NC)C(=O)CC. The van der Waals surface area contributed by atoms with E-state index in [9.17, 15) is 9.59 Å². The summed E-state index contributed by atoms with van der Waals surface area (Å²) in [4.78, 5) is 23.1. The Morgan fingerprint density at radius 3 is 2.00 bits per heavy atom. The molecule has 3 nitrogen and oxygen atoms in total. The van der Waals surface area contributed by atoms with E-state index in [1.54, 1.807) is 21.6 Å². The Kier molecular flexibility index (Phi) is 10.9. The second-order valence-corrected chi connectivity index (χ2v) is 6.71. The summed E-state index contributed by atoms with van der Waals surface area (Å²) in [7, 11) is 5.21. The van der Waals surface area contributed by atoms with Crippen molar-refractivity contribution in [3.63, 3.8) is 0 Å². The van der Waals surface area contributed by atoms with Crippen LogP contribution in [0.4, 0.5) is 0 Å². The van der Waals surface area contributed by atoms with Crippen molar-refractivity contribution in [2.75, 3.05) is 18.6 Å². The molecule has 1 N–H and O–H groups in total. The fourth-order valence-electron chi connectivity index (χ4n) is 1.56. The fraction of sp³-hybridized carbons (Fsp3) is 0.846. The Morgan fingerprint density at radius 1 is 1.00 bits per heavy atom. The highest BCUT2D eigenvalue weighted by Gasteiger charge is 2.17. The lowest BCUT2D eigenvalue weighted by Crippen LogP contribution is -2.35. The predicted molar refractivity (Wildman–Crippen MR) is 82.1 cm³/mol. The van der Waals surface area contributed by atoms with Crippen LogP contribution in [-0.4, -0.2) is 36.2 Å². The summed E-state index contributed by atoms with van der Waals surface area (Å²) in [6.45, 7) is 5.86. The maximum atomic E-state index is 11.6. The topological polar surface area (TPSA) is 46.2 Å². The van der Waals surface area contributed by atoms with Gasteiger partial charge in [0, 0.05) is 30.3 Å². The van der Waals surface area contributed by atoms with Gasteiger partial charge in [0.25, 0.3) is 0 Å². The molecule has 0 saturated heterocycles. The van der Waals surface area contributed by atoms with Crippen molar-refractivity contribution in [2.45, 2.75) is 46.1 Å². The van der Waals surface area contributed by atoms with Crippen molar-refractivity contribution >= 4 is 33.2 Å². The van der Waals surface area contributed by atoms with Gasteiger partial charge in [-0.2, -0.15) is 0 Å². The summed E-state index contributed by atoms with van der Waals surface area (Å²) in [6, 6.07) is -0.0607. The van der Waals surface area contributed by atoms with Crippen LogP contribution in [0.3, 0.4) is 0 Å². The number of carbonyl (C=O) groups is 2. The van der Waals surface area contributed by atoms with Crippen molar-refractivity contribution in [2.24, 2.45) is 5.92 Å². The molecule has 0 saturated carbocycles. The monoisotopic (exact) mass is 291 g/mol. The first-order valence-corrected chi connectivity index (χ1v) is 9.06. The highest BCUT2D eigenvalue weighted by atomic mass is 33.1. The van der Waals surface area contributed by atoms with Crippen LogP contribution in [0.25, 0.3) is 0 Å². The molecule has 0 aromatic rings. The van der Waals surface area contributed by atoms with E-state index in [0.717, 1.165) is 17.9 Å². The number of nitrogens with one attached hydrogen (secondary N) is 1. The molecule has 106 valence electrons. The Balaban J connectivity index is 3.89. The maximum Gasteiger partial charge on any atom is 0.150 e. The highest BCUT2D eigenvalue weighted by molar-refractivity contribution is 8.76. The third-order valence-electron chi connectivity index (χ3n) is 2.97. The van der Waals surface area contributed by atoms with Crippen LogP contribution in [0.2, 0.25) is 0 Å². The zero-order valence-corrected chi connectivity index (χ0v) is 13.5. The number of rotatable bonds is 11. The van der Waals surface area contributed by atoms with Gasteiger partial charge in [0.1, 0.15) is 11.6 Å². The number of hydrogen-bond donors (Lipinski definition) is 1. The van der Waals surface area contributed by atoms with Crippen LogP contribution in [0.5, 0.6) is 0 Å². The summed E-state index contributed by atoms with van der Waals surface area (Å²) < 4.78 is 0. The average molecular weight is 291 g/mol. The van der Waals surface area contributed by atoms with Gasteiger partial charge in [-0.05, 0) is 13.5 Å². The van der Waals surface area contributed by atoms with Gasteiger partial charge < -0.3 is 5.32 Å². The predicted octanol–water partition coefficient (Wildman–Crippen LogP) is 2.94. The van der Waals surface area contributed by atoms with Gasteiger partial charge in [-0.15, -0.1) is 0 Å². The number of Topliss-reactive ketones (excluding diaryl/α,β-unsaturated/α-hetero) is 2. The minimum absolute atomic E-state index is 0.0607. The largest absolute Gasteiger partial charge is 0.310 e. The molecule has 2 atom stereocenters. The van der Waals surface area contributed by atoms with E-state index in [1.807, 2.05) is 20.9 Å². The van der Waals surface area contributed by atoms with Crippen LogP contribution in [0.1, 0.15) is 40.0 Å². The average Bonchev–Trinajstić information content (AvgIpc) is 2.41. The first-order valence-electron chi connectivity index (χ1n) is 6.57. The first-order chi connectivity index (χ1) is 8.60. The van der Waals surface area contributed by atoms with Gasteiger partial charge in [-0.3, -0.25) is 9.59 Å². The second kappa shape index (κ2) is 10.9. The quantitative estimate of drug-likeness (QED) is 0.468. The molecule has 0 rings (SSSR count). The standard InChI is InChI=1S/C13H25NO2S2/c1-5-10(12(15)6-2)8-17-18-9-11(14-4)13(16)7-3/h10-11,14H,5-9H2,1-4H3. The molecule has 0 aromatic heterocycles. The molecular weight excluding hydrogens is 266 g/mol. The number of hydrogen-bond acceptors (Lipinski definition) is 5. The first kappa shape index (κ1) is 18.0. The lowest BCUT2D eigenvalue weighted by molar-refractivity contribution is -0.122. The van der Waals surface area contributed by atoms with E-state index in [1.165, 1.54) is 0 Å². The molecule has 0 aliphatic rings. The lowest BCUT2D eigenvalue weighted by Gasteiger charge is -2.15. The molecule has 2 unspecified atom stereocenters. The highest BCUT2D eigenvalue weighted by Crippen LogP contribution is 2.26. The number of ketones is 2. The molecular formula is C13H25NO2S2. The number of carbonyl (C=O) groups excluding carboxylic acids is 2. The van der Waals surface area contributed by atoms with E-state index < -0.39 is 0 Å². The van der Waals surface area contributed by atoms with E-state index in [4.69, 9.17) is 0 Å². The van der Waals surface area contributed by atoms with Gasteiger partial charge in [-0.1, -0.05) is 42.4 Å². The Bertz CT molecular complexity index is 233. The van der Waals surface area contributed by atoms with Crippen molar-refractivity contribution in [1.29, 1.82) is 0 Å². The molecule has 0 aliphatic carbocycles. The molecule has 5 heteroatoms. The molecule has 0 amide bonds. The zero-order valence-electron chi connectivity index (χ0n) is 11.8. The normalized spacial score (nSPS) is 14.2. The van der Waals surface area contributed by atoms with E-state index >= 15 is 0 Å². The molecule has 0 aromatic carbocycles. The van der Waals surface area contributed by atoms with Crippen LogP contribution >= 0.6 is 21.6 Å². The molecule has 0 spiro atoms. The summed E-state index contributed by atoms with van der Waals surface area (Å²) in [5.74, 6) is 2.39. The van der Waals surface area contributed by atoms with E-state index in [2.05, 4.69) is 12.2 Å². The van der Waals surface area contributed by atoms with E-state index in [-0.39, 0.29) is 17.7 Å². The van der Waals surface area contributed by atoms with Crippen LogP contribution in [0.15, 0.2) is 0 Å². The van der Waals surface area contributed by atoms with Crippen LogP contribution in [-0.2, 0) is 9.59 Å². The Labute approximate surface area is 119 Å². The van der Waals surface area contributed by atoms with Crippen molar-refractivity contribution in [3.8, 4) is 0 Å². The summed E-state index contributed by atoms with van der Waals surface area (Å²) in [6.07, 6.45) is 2.10. The minimum atomic E-state index is -0.0607. The van der Waals surface area contributed by atoms with Gasteiger partial charge >= 0.3 is 0 Å². The van der Waals surface area contributed by atoms with Gasteiger partial charge in [0.2, 0.25) is 0 Å². The molecule has 18 heavy (non-hydrogen) atoms. The lowest BCUT2D eigenvalue weighted by atomic mass is 10.0. The third-order valence-corrected chi connectivity index (χ3v) is 5.46. The molecule has 0 bridgehead atoms. The Hall–Kier alpha value is -0.0000000000000000555. The molecule has 0 fully saturated rings. The molecule has 0 heterocycles. The smallest absolute Gasteiger partial charge is 0.150 e. The molecule has 0 aliphatic heterocycles. The van der Waals surface area contributed by atoms with E-state index in [0.29, 0.717) is 18.6 Å². The fourth-order valence-corrected chi connectivity index (χ4v) is 4.30.